The van der Waals surface area contributed by atoms with E-state index >= 15 is 0 Å². The number of carbonyl (C=O) groups excluding carboxylic acids is 1. The first-order chi connectivity index (χ1) is 9.85. The number of likely N-dealkylation sites (N-methyl/N-ethyl adjacent to an activating group) is 1. The molecule has 0 saturated carbocycles. The van der Waals surface area contributed by atoms with Crippen LogP contribution in [0.15, 0.2) is 18.2 Å². The predicted molar refractivity (Wildman–Crippen MR) is 74.6 cm³/mol. The number of aromatic carboxylic acids is 1. The minimum absolute atomic E-state index is 0.0683. The van der Waals surface area contributed by atoms with Crippen molar-refractivity contribution < 1.29 is 29.6 Å². The number of anilines is 1. The Morgan fingerprint density at radius 2 is 2.10 bits per heavy atom. The highest BCUT2D eigenvalue weighted by Gasteiger charge is 2.15. The summed E-state index contributed by atoms with van der Waals surface area (Å²) in [6, 6.07) is 3.18. The van der Waals surface area contributed by atoms with Gasteiger partial charge < -0.3 is 30.3 Å². The molecule has 0 radical (unpaired) electrons. The highest BCUT2D eigenvalue weighted by molar-refractivity contribution is 5.93. The summed E-state index contributed by atoms with van der Waals surface area (Å²) in [6.07, 6.45) is -0.812. The quantitative estimate of drug-likeness (QED) is 0.609. The van der Waals surface area contributed by atoms with Crippen molar-refractivity contribution in [1.29, 1.82) is 0 Å². The summed E-state index contributed by atoms with van der Waals surface area (Å²) in [6.45, 7) is 0.171. The van der Waals surface area contributed by atoms with Crippen LogP contribution in [0.4, 0.5) is 10.5 Å². The van der Waals surface area contributed by atoms with Crippen molar-refractivity contribution >= 4 is 17.7 Å². The maximum absolute atomic E-state index is 11.8. The average Bonchev–Trinajstić information content (AvgIpc) is 2.38. The molecule has 21 heavy (non-hydrogen) atoms. The zero-order chi connectivity index (χ0) is 16.0. The van der Waals surface area contributed by atoms with Gasteiger partial charge in [0.05, 0.1) is 19.3 Å². The van der Waals surface area contributed by atoms with Gasteiger partial charge in [0.25, 0.3) is 0 Å². The molecular formula is C13H18N2O6. The average molecular weight is 298 g/mol. The van der Waals surface area contributed by atoms with Crippen LogP contribution < -0.4 is 5.32 Å². The first-order valence-corrected chi connectivity index (χ1v) is 6.10. The fraction of sp³-hybridized carbons (Fsp3) is 0.385. The standard InChI is InChI=1S/C13H18N2O6/c1-15(6-9(16)7-21-2)13(20)14-8-3-4-10(12(18)19)11(17)5-8/h3-5,9,16-17H,6-7H2,1-2H3,(H,14,20)(H,18,19). The van der Waals surface area contributed by atoms with Crippen LogP contribution in [0, 0.1) is 0 Å². The number of aliphatic hydroxyl groups excluding tert-OH is 1. The van der Waals surface area contributed by atoms with E-state index in [4.69, 9.17) is 9.84 Å². The molecule has 0 saturated heterocycles. The monoisotopic (exact) mass is 298 g/mol. The molecule has 4 N–H and O–H groups in total. The summed E-state index contributed by atoms with van der Waals surface area (Å²) < 4.78 is 4.76. The molecule has 1 aromatic rings. The van der Waals surface area contributed by atoms with Gasteiger partial charge in [-0.3, -0.25) is 0 Å². The van der Waals surface area contributed by atoms with Crippen molar-refractivity contribution in [2.24, 2.45) is 0 Å². The van der Waals surface area contributed by atoms with Crippen molar-refractivity contribution in [2.45, 2.75) is 6.10 Å². The summed E-state index contributed by atoms with van der Waals surface area (Å²) in [5.74, 6) is -1.70. The smallest absolute Gasteiger partial charge is 0.339 e. The van der Waals surface area contributed by atoms with Crippen LogP contribution in [0.25, 0.3) is 0 Å². The Bertz CT molecular complexity index is 519. The van der Waals surface area contributed by atoms with Gasteiger partial charge in [-0.2, -0.15) is 0 Å². The van der Waals surface area contributed by atoms with Crippen molar-refractivity contribution in [3.05, 3.63) is 23.8 Å². The largest absolute Gasteiger partial charge is 0.507 e. The number of phenols is 1. The summed E-state index contributed by atoms with van der Waals surface area (Å²) in [5, 5.41) is 30.3. The number of rotatable bonds is 6. The Kier molecular flexibility index (Phi) is 5.94. The maximum atomic E-state index is 11.8. The lowest BCUT2D eigenvalue weighted by atomic mass is 10.2. The Hall–Kier alpha value is -2.32. The number of carbonyl (C=O) groups is 2. The lowest BCUT2D eigenvalue weighted by Gasteiger charge is -2.21. The predicted octanol–water partition coefficient (Wildman–Crippen LogP) is 0.561. The number of methoxy groups -OCH3 is 1. The normalized spacial score (nSPS) is 11.8. The van der Waals surface area contributed by atoms with Crippen LogP contribution in [-0.4, -0.2) is 65.6 Å². The number of nitrogens with one attached hydrogen (secondary N) is 1. The molecule has 116 valence electrons. The molecular weight excluding hydrogens is 280 g/mol. The second-order valence-corrected chi connectivity index (χ2v) is 4.46. The molecule has 1 rings (SSSR count). The second kappa shape index (κ2) is 7.46. The molecule has 1 atom stereocenters. The minimum Gasteiger partial charge on any atom is -0.507 e. The number of benzene rings is 1. The third-order valence-corrected chi connectivity index (χ3v) is 2.67. The van der Waals surface area contributed by atoms with E-state index in [9.17, 15) is 19.8 Å². The third-order valence-electron chi connectivity index (χ3n) is 2.67. The van der Waals surface area contributed by atoms with Gasteiger partial charge in [-0.25, -0.2) is 9.59 Å². The molecule has 8 heteroatoms. The van der Waals surface area contributed by atoms with Crippen LogP contribution >= 0.6 is 0 Å². The van der Waals surface area contributed by atoms with Crippen LogP contribution in [0.2, 0.25) is 0 Å². The number of carboxylic acid groups (broad SMARTS) is 1. The third kappa shape index (κ3) is 4.93. The molecule has 0 aromatic heterocycles. The molecule has 1 unspecified atom stereocenters. The molecule has 0 aliphatic rings. The number of carboxylic acids is 1. The van der Waals surface area contributed by atoms with E-state index in [1.54, 1.807) is 0 Å². The van der Waals surface area contributed by atoms with E-state index in [-0.39, 0.29) is 24.4 Å². The van der Waals surface area contributed by atoms with E-state index in [2.05, 4.69) is 5.32 Å². The summed E-state index contributed by atoms with van der Waals surface area (Å²) >= 11 is 0. The highest BCUT2D eigenvalue weighted by atomic mass is 16.5. The molecule has 0 spiro atoms. The van der Waals surface area contributed by atoms with E-state index in [0.717, 1.165) is 6.07 Å². The molecule has 0 bridgehead atoms. The fourth-order valence-electron chi connectivity index (χ4n) is 1.65. The molecule has 0 aliphatic carbocycles. The SMILES string of the molecule is COCC(O)CN(C)C(=O)Nc1ccc(C(=O)O)c(O)c1. The van der Waals surface area contributed by atoms with Gasteiger partial charge in [-0.05, 0) is 12.1 Å². The van der Waals surface area contributed by atoms with Gasteiger partial charge in [0.15, 0.2) is 0 Å². The summed E-state index contributed by atoms with van der Waals surface area (Å²) in [4.78, 5) is 23.8. The van der Waals surface area contributed by atoms with E-state index in [0.29, 0.717) is 0 Å². The van der Waals surface area contributed by atoms with Crippen LogP contribution in [0.1, 0.15) is 10.4 Å². The van der Waals surface area contributed by atoms with Crippen LogP contribution in [0.5, 0.6) is 5.75 Å². The number of urea groups is 1. The van der Waals surface area contributed by atoms with E-state index in [1.807, 2.05) is 0 Å². The summed E-state index contributed by atoms with van der Waals surface area (Å²) in [5.41, 5.74) is -0.00699. The van der Waals surface area contributed by atoms with E-state index in [1.165, 1.54) is 31.2 Å². The zero-order valence-corrected chi connectivity index (χ0v) is 11.7. The lowest BCUT2D eigenvalue weighted by molar-refractivity contribution is 0.0501. The van der Waals surface area contributed by atoms with Crippen LogP contribution in [0.3, 0.4) is 0 Å². The molecule has 0 heterocycles. The number of ether oxygens (including phenoxy) is 1. The maximum Gasteiger partial charge on any atom is 0.339 e. The molecule has 8 nitrogen and oxygen atoms in total. The van der Waals surface area contributed by atoms with Crippen molar-refractivity contribution in [3.63, 3.8) is 0 Å². The van der Waals surface area contributed by atoms with Gasteiger partial charge in [0.1, 0.15) is 11.3 Å². The zero-order valence-electron chi connectivity index (χ0n) is 11.7. The van der Waals surface area contributed by atoms with Crippen LogP contribution in [-0.2, 0) is 4.74 Å². The molecule has 0 fully saturated rings. The Balaban J connectivity index is 2.66. The second-order valence-electron chi connectivity index (χ2n) is 4.46. The first kappa shape index (κ1) is 16.7. The molecule has 1 aromatic carbocycles. The lowest BCUT2D eigenvalue weighted by Crippen LogP contribution is -2.38. The van der Waals surface area contributed by atoms with Gasteiger partial charge >= 0.3 is 12.0 Å². The number of aliphatic hydroxyl groups is 1. The van der Waals surface area contributed by atoms with Crippen molar-refractivity contribution in [3.8, 4) is 5.75 Å². The van der Waals surface area contributed by atoms with Gasteiger partial charge in [-0.15, -0.1) is 0 Å². The fourth-order valence-corrected chi connectivity index (χ4v) is 1.65. The highest BCUT2D eigenvalue weighted by Crippen LogP contribution is 2.22. The molecule has 2 amide bonds. The Morgan fingerprint density at radius 3 is 2.62 bits per heavy atom. The number of nitrogens with zero attached hydrogens (tertiary/aromatic N) is 1. The number of hydrogen-bond acceptors (Lipinski definition) is 5. The van der Waals surface area contributed by atoms with Gasteiger partial charge in [-0.1, -0.05) is 0 Å². The van der Waals surface area contributed by atoms with Crippen molar-refractivity contribution in [1.82, 2.24) is 4.90 Å². The van der Waals surface area contributed by atoms with Gasteiger partial charge in [0, 0.05) is 25.9 Å². The van der Waals surface area contributed by atoms with E-state index < -0.39 is 23.9 Å². The summed E-state index contributed by atoms with van der Waals surface area (Å²) in [7, 11) is 2.93. The minimum atomic E-state index is -1.26. The van der Waals surface area contributed by atoms with Crippen molar-refractivity contribution in [2.75, 3.05) is 32.6 Å². The molecule has 0 aliphatic heterocycles. The number of amides is 2. The number of hydrogen-bond donors (Lipinski definition) is 4. The number of aromatic hydroxyl groups is 1. The topological polar surface area (TPSA) is 119 Å². The first-order valence-electron chi connectivity index (χ1n) is 6.10. The Labute approximate surface area is 121 Å². The Morgan fingerprint density at radius 1 is 1.43 bits per heavy atom. The van der Waals surface area contributed by atoms with Gasteiger partial charge in [0.2, 0.25) is 0 Å².